The van der Waals surface area contributed by atoms with Crippen molar-refractivity contribution in [3.8, 4) is 0 Å². The summed E-state index contributed by atoms with van der Waals surface area (Å²) in [6.07, 6.45) is 5.14. The van der Waals surface area contributed by atoms with Crippen molar-refractivity contribution in [3.05, 3.63) is 0 Å². The van der Waals surface area contributed by atoms with Gasteiger partial charge in [0.1, 0.15) is 0 Å². The molecule has 1 aliphatic carbocycles. The number of hydrogen-bond donors (Lipinski definition) is 2. The maximum atomic E-state index is 12.9. The first-order valence-electron chi connectivity index (χ1n) is 11.2. The summed E-state index contributed by atoms with van der Waals surface area (Å²) in [5.74, 6) is 1.35. The predicted molar refractivity (Wildman–Crippen MR) is 114 cm³/mol. The molecule has 0 heterocycles. The molecule has 2 amide bonds. The minimum Gasteiger partial charge on any atom is -0.347 e. The van der Waals surface area contributed by atoms with Gasteiger partial charge in [0, 0.05) is 5.92 Å². The van der Waals surface area contributed by atoms with Gasteiger partial charge in [0.25, 0.3) is 0 Å². The fourth-order valence-corrected chi connectivity index (χ4v) is 4.59. The molecule has 0 radical (unpaired) electrons. The van der Waals surface area contributed by atoms with Gasteiger partial charge in [0.15, 0.2) is 5.78 Å². The van der Waals surface area contributed by atoms with Crippen LogP contribution in [0.25, 0.3) is 0 Å². The second-order valence-corrected chi connectivity index (χ2v) is 9.25. The maximum absolute atomic E-state index is 12.9. The maximum Gasteiger partial charge on any atom is 0.239 e. The molecule has 1 rings (SSSR count). The van der Waals surface area contributed by atoms with Gasteiger partial charge in [-0.3, -0.25) is 14.4 Å². The number of carbonyl (C=O) groups excluding carboxylic acids is 3. The summed E-state index contributed by atoms with van der Waals surface area (Å²) in [4.78, 5) is 37.4. The molecule has 5 heteroatoms. The molecule has 4 atom stereocenters. The van der Waals surface area contributed by atoms with Crippen molar-refractivity contribution in [2.45, 2.75) is 86.6 Å². The van der Waals surface area contributed by atoms with Crippen LogP contribution in [0, 0.1) is 35.5 Å². The molecule has 0 saturated heterocycles. The lowest BCUT2D eigenvalue weighted by Gasteiger charge is -2.30. The van der Waals surface area contributed by atoms with Gasteiger partial charge in [-0.1, -0.05) is 54.4 Å². The van der Waals surface area contributed by atoms with E-state index >= 15 is 0 Å². The third-order valence-corrected chi connectivity index (χ3v) is 6.31. The van der Waals surface area contributed by atoms with E-state index < -0.39 is 6.04 Å². The number of ketones is 1. The zero-order valence-corrected chi connectivity index (χ0v) is 19.0. The van der Waals surface area contributed by atoms with E-state index in [2.05, 4.69) is 45.3 Å². The van der Waals surface area contributed by atoms with E-state index in [0.29, 0.717) is 23.7 Å². The molecule has 0 bridgehead atoms. The van der Waals surface area contributed by atoms with Crippen molar-refractivity contribution in [2.75, 3.05) is 6.54 Å². The molecular formula is C23H42N2O3. The van der Waals surface area contributed by atoms with Crippen LogP contribution in [0.1, 0.15) is 80.6 Å². The molecule has 1 saturated carbocycles. The Morgan fingerprint density at radius 3 is 1.93 bits per heavy atom. The Kier molecular flexibility index (Phi) is 10.2. The van der Waals surface area contributed by atoms with E-state index in [4.69, 9.17) is 0 Å². The number of amides is 2. The zero-order valence-electron chi connectivity index (χ0n) is 19.0. The van der Waals surface area contributed by atoms with Crippen molar-refractivity contribution in [1.29, 1.82) is 0 Å². The predicted octanol–water partition coefficient (Wildman–Crippen LogP) is 3.96. The summed E-state index contributed by atoms with van der Waals surface area (Å²) in [6.45, 7) is 14.2. The van der Waals surface area contributed by atoms with Gasteiger partial charge in [0.2, 0.25) is 11.8 Å². The van der Waals surface area contributed by atoms with E-state index in [1.54, 1.807) is 0 Å². The zero-order chi connectivity index (χ0) is 21.4. The van der Waals surface area contributed by atoms with Crippen LogP contribution in [-0.2, 0) is 14.4 Å². The van der Waals surface area contributed by atoms with Gasteiger partial charge in [-0.15, -0.1) is 0 Å². The standard InChI is InChI=1S/C23H42N2O3/c1-8-10-19(15(5)6)21(17-11-12-17)23(28)24-13-20(27)25-22(16(7)26)18(9-2)14(3)4/h14-15,17-19,21-22H,8-13H2,1-7H3,(H,24,28)(H,25,27). The second kappa shape index (κ2) is 11.6. The first-order chi connectivity index (χ1) is 13.1. The fraction of sp³-hybridized carbons (Fsp3) is 0.870. The highest BCUT2D eigenvalue weighted by atomic mass is 16.2. The number of carbonyl (C=O) groups is 3. The highest BCUT2D eigenvalue weighted by Gasteiger charge is 2.41. The van der Waals surface area contributed by atoms with Crippen molar-refractivity contribution in [1.82, 2.24) is 10.6 Å². The summed E-state index contributed by atoms with van der Waals surface area (Å²) in [5.41, 5.74) is 0. The van der Waals surface area contributed by atoms with Gasteiger partial charge in [-0.25, -0.2) is 0 Å². The Morgan fingerprint density at radius 1 is 0.964 bits per heavy atom. The number of Topliss-reactive ketones (excluding diaryl/α,β-unsaturated/α-hetero) is 1. The third-order valence-electron chi connectivity index (χ3n) is 6.31. The summed E-state index contributed by atoms with van der Waals surface area (Å²) in [7, 11) is 0. The molecule has 0 aromatic rings. The third kappa shape index (κ3) is 7.21. The van der Waals surface area contributed by atoms with E-state index in [1.807, 2.05) is 6.92 Å². The van der Waals surface area contributed by atoms with Crippen LogP contribution >= 0.6 is 0 Å². The van der Waals surface area contributed by atoms with E-state index in [0.717, 1.165) is 32.1 Å². The first-order valence-corrected chi connectivity index (χ1v) is 11.2. The van der Waals surface area contributed by atoms with Crippen molar-refractivity contribution < 1.29 is 14.4 Å². The van der Waals surface area contributed by atoms with Crippen LogP contribution in [0.15, 0.2) is 0 Å². The van der Waals surface area contributed by atoms with Crippen LogP contribution in [-0.4, -0.2) is 30.2 Å². The SMILES string of the molecule is CCCC(C(C)C)C(C(=O)NCC(=O)NC(C(C)=O)C(CC)C(C)C)C1CC1. The first kappa shape index (κ1) is 24.6. The lowest BCUT2D eigenvalue weighted by Crippen LogP contribution is -2.50. The van der Waals surface area contributed by atoms with Gasteiger partial charge in [-0.05, 0) is 55.8 Å². The molecule has 1 aliphatic rings. The van der Waals surface area contributed by atoms with Crippen LogP contribution < -0.4 is 10.6 Å². The Labute approximate surface area is 171 Å². The van der Waals surface area contributed by atoms with Gasteiger partial charge in [-0.2, -0.15) is 0 Å². The lowest BCUT2D eigenvalue weighted by molar-refractivity contribution is -0.132. The van der Waals surface area contributed by atoms with Crippen molar-refractivity contribution >= 4 is 17.6 Å². The van der Waals surface area contributed by atoms with Crippen LogP contribution in [0.5, 0.6) is 0 Å². The molecule has 0 aromatic carbocycles. The summed E-state index contributed by atoms with van der Waals surface area (Å²) < 4.78 is 0. The van der Waals surface area contributed by atoms with Gasteiger partial charge in [0.05, 0.1) is 12.6 Å². The second-order valence-electron chi connectivity index (χ2n) is 9.25. The fourth-order valence-electron chi connectivity index (χ4n) is 4.59. The summed E-state index contributed by atoms with van der Waals surface area (Å²) in [5, 5.41) is 5.73. The van der Waals surface area contributed by atoms with Crippen molar-refractivity contribution in [2.24, 2.45) is 35.5 Å². The lowest BCUT2D eigenvalue weighted by atomic mass is 9.77. The highest BCUT2D eigenvalue weighted by Crippen LogP contribution is 2.44. The summed E-state index contributed by atoms with van der Waals surface area (Å²) >= 11 is 0. The monoisotopic (exact) mass is 394 g/mol. The van der Waals surface area contributed by atoms with Gasteiger partial charge >= 0.3 is 0 Å². The molecule has 0 spiro atoms. The molecule has 0 aliphatic heterocycles. The van der Waals surface area contributed by atoms with Crippen LogP contribution in [0.4, 0.5) is 0 Å². The quantitative estimate of drug-likeness (QED) is 0.496. The number of nitrogens with one attached hydrogen (secondary N) is 2. The number of hydrogen-bond acceptors (Lipinski definition) is 3. The topological polar surface area (TPSA) is 75.3 Å². The molecule has 0 aromatic heterocycles. The molecular weight excluding hydrogens is 352 g/mol. The Balaban J connectivity index is 2.70. The number of rotatable bonds is 13. The van der Waals surface area contributed by atoms with Gasteiger partial charge < -0.3 is 10.6 Å². The van der Waals surface area contributed by atoms with Crippen molar-refractivity contribution in [3.63, 3.8) is 0 Å². The van der Waals surface area contributed by atoms with E-state index in [1.165, 1.54) is 6.92 Å². The molecule has 1 fully saturated rings. The van der Waals surface area contributed by atoms with E-state index in [-0.39, 0.29) is 36.0 Å². The Bertz CT molecular complexity index is 526. The Hall–Kier alpha value is -1.39. The van der Waals surface area contributed by atoms with Crippen LogP contribution in [0.3, 0.4) is 0 Å². The van der Waals surface area contributed by atoms with E-state index in [9.17, 15) is 14.4 Å². The smallest absolute Gasteiger partial charge is 0.239 e. The molecule has 2 N–H and O–H groups in total. The Morgan fingerprint density at radius 2 is 1.54 bits per heavy atom. The minimum absolute atomic E-state index is 0.0000705. The average molecular weight is 395 g/mol. The average Bonchev–Trinajstić information content (AvgIpc) is 3.43. The molecule has 28 heavy (non-hydrogen) atoms. The molecule has 5 nitrogen and oxygen atoms in total. The largest absolute Gasteiger partial charge is 0.347 e. The highest BCUT2D eigenvalue weighted by molar-refractivity contribution is 5.90. The molecule has 4 unspecified atom stereocenters. The van der Waals surface area contributed by atoms with Crippen LogP contribution in [0.2, 0.25) is 0 Å². The minimum atomic E-state index is -0.489. The molecule has 162 valence electrons. The normalized spacial score (nSPS) is 18.5. The summed E-state index contributed by atoms with van der Waals surface area (Å²) in [6, 6.07) is -0.489.